The summed E-state index contributed by atoms with van der Waals surface area (Å²) >= 11 is 1.06. The molecule has 0 bridgehead atoms. The van der Waals surface area contributed by atoms with Crippen molar-refractivity contribution in [2.45, 2.75) is 13.1 Å². The fourth-order valence-corrected chi connectivity index (χ4v) is 3.35. The molecule has 0 atom stereocenters. The molecule has 0 aliphatic rings. The van der Waals surface area contributed by atoms with Gasteiger partial charge < -0.3 is 4.74 Å². The van der Waals surface area contributed by atoms with Crippen molar-refractivity contribution < 1.29 is 27.5 Å². The lowest BCUT2D eigenvalue weighted by Crippen LogP contribution is -2.23. The Morgan fingerprint density at radius 3 is 2.50 bits per heavy atom. The van der Waals surface area contributed by atoms with Gasteiger partial charge in [0.15, 0.2) is 5.13 Å². The van der Waals surface area contributed by atoms with Crippen LogP contribution < -0.4 is 9.64 Å². The highest BCUT2D eigenvalue weighted by molar-refractivity contribution is 7.14. The number of rotatable bonds is 5. The van der Waals surface area contributed by atoms with Gasteiger partial charge in [-0.05, 0) is 36.4 Å². The number of aromatic nitrogens is 1. The number of amides is 1. The van der Waals surface area contributed by atoms with E-state index >= 15 is 0 Å². The first kappa shape index (κ1) is 21.3. The molecule has 1 amide bonds. The van der Waals surface area contributed by atoms with Gasteiger partial charge >= 0.3 is 12.1 Å². The number of carbonyl (C=O) groups excluding carboxylic acids is 2. The van der Waals surface area contributed by atoms with Crippen LogP contribution in [0.25, 0.3) is 6.08 Å². The molecule has 154 valence electrons. The summed E-state index contributed by atoms with van der Waals surface area (Å²) in [5.74, 6) is -0.724. The highest BCUT2D eigenvalue weighted by Crippen LogP contribution is 2.35. The van der Waals surface area contributed by atoms with Crippen molar-refractivity contribution in [1.82, 2.24) is 4.98 Å². The predicted molar refractivity (Wildman–Crippen MR) is 107 cm³/mol. The van der Waals surface area contributed by atoms with Gasteiger partial charge in [-0.2, -0.15) is 13.2 Å². The maximum atomic E-state index is 13.0. The minimum Gasteiger partial charge on any atom is -0.423 e. The second-order valence-electron chi connectivity index (χ2n) is 6.02. The zero-order chi connectivity index (χ0) is 21.7. The monoisotopic (exact) mass is 432 g/mol. The Kier molecular flexibility index (Phi) is 6.31. The first-order valence-corrected chi connectivity index (χ1v) is 9.50. The Morgan fingerprint density at radius 2 is 1.83 bits per heavy atom. The number of benzene rings is 2. The van der Waals surface area contributed by atoms with Crippen LogP contribution in [0.1, 0.15) is 18.2 Å². The zero-order valence-electron chi connectivity index (χ0n) is 15.6. The first-order chi connectivity index (χ1) is 14.2. The maximum Gasteiger partial charge on any atom is 0.416 e. The van der Waals surface area contributed by atoms with E-state index in [0.29, 0.717) is 11.4 Å². The van der Waals surface area contributed by atoms with Crippen molar-refractivity contribution in [3.8, 4) is 5.75 Å². The van der Waals surface area contributed by atoms with E-state index in [1.54, 1.807) is 35.7 Å². The van der Waals surface area contributed by atoms with Gasteiger partial charge in [0.2, 0.25) is 5.91 Å². The highest BCUT2D eigenvalue weighted by Gasteiger charge is 2.31. The van der Waals surface area contributed by atoms with Gasteiger partial charge in [0, 0.05) is 18.4 Å². The van der Waals surface area contributed by atoms with Gasteiger partial charge in [0.05, 0.1) is 16.9 Å². The molecule has 1 aromatic heterocycles. The van der Waals surface area contributed by atoms with Gasteiger partial charge in [-0.15, -0.1) is 11.3 Å². The van der Waals surface area contributed by atoms with Crippen LogP contribution in [0.4, 0.5) is 24.0 Å². The smallest absolute Gasteiger partial charge is 0.416 e. The van der Waals surface area contributed by atoms with Crippen molar-refractivity contribution in [2.24, 2.45) is 0 Å². The number of nitrogens with zero attached hydrogens (tertiary/aromatic N) is 2. The number of thiazole rings is 1. The van der Waals surface area contributed by atoms with Crippen LogP contribution >= 0.6 is 11.3 Å². The number of hydrogen-bond acceptors (Lipinski definition) is 5. The van der Waals surface area contributed by atoms with Gasteiger partial charge in [0.1, 0.15) is 5.75 Å². The highest BCUT2D eigenvalue weighted by atomic mass is 32.1. The number of para-hydroxylation sites is 1. The van der Waals surface area contributed by atoms with E-state index in [-0.39, 0.29) is 10.8 Å². The summed E-state index contributed by atoms with van der Waals surface area (Å²) in [6, 6.07) is 12.9. The summed E-state index contributed by atoms with van der Waals surface area (Å²) in [5.41, 5.74) is -0.462. The summed E-state index contributed by atoms with van der Waals surface area (Å²) in [5, 5.41) is 1.75. The number of ether oxygens (including phenoxy) is 1. The Balaban J connectivity index is 1.79. The molecule has 0 N–H and O–H groups in total. The molecule has 3 aromatic rings. The minimum absolute atomic E-state index is 0.0469. The van der Waals surface area contributed by atoms with E-state index < -0.39 is 23.6 Å². The number of halogens is 3. The van der Waals surface area contributed by atoms with E-state index in [9.17, 15) is 22.8 Å². The largest absolute Gasteiger partial charge is 0.423 e. The van der Waals surface area contributed by atoms with Crippen molar-refractivity contribution in [1.29, 1.82) is 0 Å². The molecule has 0 aliphatic heterocycles. The molecule has 0 fully saturated rings. The molecule has 5 nitrogen and oxygen atoms in total. The predicted octanol–water partition coefficient (Wildman–Crippen LogP) is 5.47. The van der Waals surface area contributed by atoms with Crippen LogP contribution in [-0.2, 0) is 15.8 Å². The average molecular weight is 432 g/mol. The number of anilines is 2. The first-order valence-electron chi connectivity index (χ1n) is 8.62. The van der Waals surface area contributed by atoms with Gasteiger partial charge in [-0.1, -0.05) is 24.3 Å². The second-order valence-corrected chi connectivity index (χ2v) is 6.86. The third-order valence-corrected chi connectivity index (χ3v) is 4.64. The molecular formula is C21H15F3N2O3S. The Labute approximate surface area is 174 Å². The number of hydrogen-bond donors (Lipinski definition) is 0. The molecule has 0 aliphatic carbocycles. The number of alkyl halides is 3. The third-order valence-electron chi connectivity index (χ3n) is 3.80. The summed E-state index contributed by atoms with van der Waals surface area (Å²) in [4.78, 5) is 29.3. The number of carbonyl (C=O) groups is 2. The Bertz CT molecular complexity index is 1080. The molecule has 0 radical (unpaired) electrons. The average Bonchev–Trinajstić information content (AvgIpc) is 3.15. The lowest BCUT2D eigenvalue weighted by Gasteiger charge is -2.19. The minimum atomic E-state index is -4.53. The standard InChI is InChI=1S/C21H15F3N2O3S/c1-14(27)26(17-7-5-6-15(12-17)21(22,23)24)20-25-16(13-30-20)10-11-19(28)29-18-8-3-2-4-9-18/h2-13H,1H3/b11-10+. The fraction of sp³-hybridized carbons (Fsp3) is 0.0952. The van der Waals surface area contributed by atoms with Crippen LogP contribution in [-0.4, -0.2) is 16.9 Å². The lowest BCUT2D eigenvalue weighted by molar-refractivity contribution is -0.137. The van der Waals surface area contributed by atoms with E-state index in [1.165, 1.54) is 31.2 Å². The second kappa shape index (κ2) is 8.91. The zero-order valence-corrected chi connectivity index (χ0v) is 16.4. The van der Waals surface area contributed by atoms with Crippen molar-refractivity contribution >= 4 is 40.1 Å². The van der Waals surface area contributed by atoms with Crippen molar-refractivity contribution in [2.75, 3.05) is 4.90 Å². The van der Waals surface area contributed by atoms with Crippen LogP contribution in [0.3, 0.4) is 0 Å². The molecule has 1 heterocycles. The van der Waals surface area contributed by atoms with Crippen molar-refractivity contribution in [3.05, 3.63) is 77.3 Å². The normalized spacial score (nSPS) is 11.5. The van der Waals surface area contributed by atoms with Crippen LogP contribution in [0.15, 0.2) is 66.1 Å². The quantitative estimate of drug-likeness (QED) is 0.305. The molecule has 3 rings (SSSR count). The summed E-state index contributed by atoms with van der Waals surface area (Å²) in [7, 11) is 0. The molecular weight excluding hydrogens is 417 g/mol. The van der Waals surface area contributed by atoms with E-state index in [2.05, 4.69) is 4.98 Å². The van der Waals surface area contributed by atoms with Crippen LogP contribution in [0.2, 0.25) is 0 Å². The lowest BCUT2D eigenvalue weighted by atomic mass is 10.2. The fourth-order valence-electron chi connectivity index (χ4n) is 2.50. The third kappa shape index (κ3) is 5.32. The molecule has 0 spiro atoms. The van der Waals surface area contributed by atoms with E-state index in [4.69, 9.17) is 4.74 Å². The topological polar surface area (TPSA) is 59.5 Å². The summed E-state index contributed by atoms with van der Waals surface area (Å²) in [6.07, 6.45) is -1.96. The van der Waals surface area contributed by atoms with E-state index in [1.807, 2.05) is 0 Å². The van der Waals surface area contributed by atoms with Gasteiger partial charge in [-0.25, -0.2) is 9.78 Å². The Hall–Kier alpha value is -3.46. The maximum absolute atomic E-state index is 13.0. The molecule has 2 aromatic carbocycles. The van der Waals surface area contributed by atoms with Crippen LogP contribution in [0, 0.1) is 0 Å². The molecule has 0 unspecified atom stereocenters. The summed E-state index contributed by atoms with van der Waals surface area (Å²) in [6.45, 7) is 1.23. The molecule has 9 heteroatoms. The Morgan fingerprint density at radius 1 is 1.10 bits per heavy atom. The SMILES string of the molecule is CC(=O)N(c1cccc(C(F)(F)F)c1)c1nc(/C=C/C(=O)Oc2ccccc2)cs1. The molecule has 0 saturated heterocycles. The molecule has 0 saturated carbocycles. The van der Waals surface area contributed by atoms with Crippen molar-refractivity contribution in [3.63, 3.8) is 0 Å². The van der Waals surface area contributed by atoms with Gasteiger partial charge in [-0.3, -0.25) is 9.69 Å². The molecule has 30 heavy (non-hydrogen) atoms. The van der Waals surface area contributed by atoms with Crippen LogP contribution in [0.5, 0.6) is 5.75 Å². The van der Waals surface area contributed by atoms with E-state index in [0.717, 1.165) is 28.4 Å². The summed E-state index contributed by atoms with van der Waals surface area (Å²) < 4.78 is 44.1. The number of esters is 1. The van der Waals surface area contributed by atoms with Gasteiger partial charge in [0.25, 0.3) is 0 Å².